The largest absolute Gasteiger partial charge is 0.461 e. The van der Waals surface area contributed by atoms with Crippen LogP contribution in [0.5, 0.6) is 0 Å². The van der Waals surface area contributed by atoms with Crippen LogP contribution in [0.1, 0.15) is 23.0 Å². The number of aromatic amines is 1. The smallest absolute Gasteiger partial charge is 0.356 e. The molecule has 0 fully saturated rings. The molecule has 1 aromatic carbocycles. The minimum Gasteiger partial charge on any atom is -0.461 e. The van der Waals surface area contributed by atoms with Crippen molar-refractivity contribution in [3.63, 3.8) is 0 Å². The Morgan fingerprint density at radius 2 is 2.25 bits per heavy atom. The molecule has 0 spiro atoms. The van der Waals surface area contributed by atoms with E-state index in [1.54, 1.807) is 19.2 Å². The molecule has 0 atom stereocenters. The minimum absolute atomic E-state index is 0.0542. The number of hydrogen-bond acceptors (Lipinski definition) is 4. The molecule has 2 aromatic heterocycles. The van der Waals surface area contributed by atoms with Crippen molar-refractivity contribution in [3.8, 4) is 0 Å². The van der Waals surface area contributed by atoms with Gasteiger partial charge >= 0.3 is 5.97 Å². The van der Waals surface area contributed by atoms with Crippen molar-refractivity contribution in [2.75, 3.05) is 6.61 Å². The third-order valence-electron chi connectivity index (χ3n) is 3.25. The summed E-state index contributed by atoms with van der Waals surface area (Å²) in [5, 5.41) is 11.2. The van der Waals surface area contributed by atoms with Crippen LogP contribution in [0.25, 0.3) is 21.8 Å². The van der Waals surface area contributed by atoms with Crippen LogP contribution < -0.4 is 0 Å². The molecule has 0 aliphatic carbocycles. The SMILES string of the molecule is CCOC(=O)c1cc2c(cn1)[nH]c1cccc(CO)c12. The monoisotopic (exact) mass is 270 g/mol. The Kier molecular flexibility index (Phi) is 3.12. The van der Waals surface area contributed by atoms with E-state index < -0.39 is 5.97 Å². The van der Waals surface area contributed by atoms with Crippen LogP contribution in [0.3, 0.4) is 0 Å². The van der Waals surface area contributed by atoms with Crippen molar-refractivity contribution in [3.05, 3.63) is 41.7 Å². The second kappa shape index (κ2) is 4.94. The first-order valence-electron chi connectivity index (χ1n) is 6.42. The van der Waals surface area contributed by atoms with Gasteiger partial charge in [0.2, 0.25) is 0 Å². The highest BCUT2D eigenvalue weighted by molar-refractivity contribution is 6.10. The molecule has 2 heterocycles. The lowest BCUT2D eigenvalue weighted by molar-refractivity contribution is 0.0520. The Hall–Kier alpha value is -2.40. The number of carbonyl (C=O) groups excluding carboxylic acids is 1. The Balaban J connectivity index is 2.26. The summed E-state index contributed by atoms with van der Waals surface area (Å²) in [5.74, 6) is -0.440. The van der Waals surface area contributed by atoms with E-state index >= 15 is 0 Å². The van der Waals surface area contributed by atoms with E-state index in [1.807, 2.05) is 18.2 Å². The van der Waals surface area contributed by atoms with Gasteiger partial charge in [0.25, 0.3) is 0 Å². The predicted octanol–water partition coefficient (Wildman–Crippen LogP) is 2.39. The van der Waals surface area contributed by atoms with Crippen LogP contribution in [-0.2, 0) is 11.3 Å². The van der Waals surface area contributed by atoms with Gasteiger partial charge in [-0.3, -0.25) is 0 Å². The number of rotatable bonds is 3. The van der Waals surface area contributed by atoms with E-state index in [9.17, 15) is 9.90 Å². The Morgan fingerprint density at radius 1 is 1.40 bits per heavy atom. The maximum absolute atomic E-state index is 11.8. The highest BCUT2D eigenvalue weighted by atomic mass is 16.5. The molecule has 2 N–H and O–H groups in total. The predicted molar refractivity (Wildman–Crippen MR) is 75.5 cm³/mol. The number of aliphatic hydroxyl groups excluding tert-OH is 1. The van der Waals surface area contributed by atoms with Crippen LogP contribution in [0.15, 0.2) is 30.5 Å². The van der Waals surface area contributed by atoms with Gasteiger partial charge in [-0.2, -0.15) is 0 Å². The zero-order valence-electron chi connectivity index (χ0n) is 11.0. The van der Waals surface area contributed by atoms with Crippen molar-refractivity contribution < 1.29 is 14.6 Å². The summed E-state index contributed by atoms with van der Waals surface area (Å²) < 4.78 is 4.96. The number of carbonyl (C=O) groups is 1. The molecule has 0 saturated carbocycles. The van der Waals surface area contributed by atoms with Crippen LogP contribution in [-0.4, -0.2) is 27.7 Å². The number of aromatic nitrogens is 2. The number of ether oxygens (including phenoxy) is 1. The quantitative estimate of drug-likeness (QED) is 0.716. The normalized spacial score (nSPS) is 11.1. The third-order valence-corrected chi connectivity index (χ3v) is 3.25. The molecule has 0 amide bonds. The highest BCUT2D eigenvalue weighted by Crippen LogP contribution is 2.28. The number of fused-ring (bicyclic) bond motifs is 3. The van der Waals surface area contributed by atoms with Gasteiger partial charge in [0.05, 0.1) is 24.9 Å². The lowest BCUT2D eigenvalue weighted by Crippen LogP contribution is -2.06. The summed E-state index contributed by atoms with van der Waals surface area (Å²) in [4.78, 5) is 19.1. The molecule has 3 aromatic rings. The lowest BCUT2D eigenvalue weighted by Gasteiger charge is -2.02. The molecule has 3 rings (SSSR count). The van der Waals surface area contributed by atoms with Crippen molar-refractivity contribution in [1.82, 2.24) is 9.97 Å². The van der Waals surface area contributed by atoms with Crippen LogP contribution in [0.4, 0.5) is 0 Å². The summed E-state index contributed by atoms with van der Waals surface area (Å²) in [7, 11) is 0. The number of esters is 1. The van der Waals surface area contributed by atoms with Crippen LogP contribution in [0, 0.1) is 0 Å². The number of H-pyrrole nitrogens is 1. The van der Waals surface area contributed by atoms with E-state index in [0.29, 0.717) is 6.61 Å². The zero-order valence-corrected chi connectivity index (χ0v) is 11.0. The third kappa shape index (κ3) is 1.92. The van der Waals surface area contributed by atoms with Gasteiger partial charge in [0.15, 0.2) is 0 Å². The van der Waals surface area contributed by atoms with Crippen molar-refractivity contribution in [1.29, 1.82) is 0 Å². The van der Waals surface area contributed by atoms with E-state index in [0.717, 1.165) is 27.4 Å². The number of benzene rings is 1. The van der Waals surface area contributed by atoms with Crippen molar-refractivity contribution in [2.24, 2.45) is 0 Å². The van der Waals surface area contributed by atoms with Crippen molar-refractivity contribution >= 4 is 27.8 Å². The molecule has 102 valence electrons. The first-order valence-corrected chi connectivity index (χ1v) is 6.42. The molecule has 20 heavy (non-hydrogen) atoms. The lowest BCUT2D eigenvalue weighted by atomic mass is 10.1. The van der Waals surface area contributed by atoms with E-state index in [2.05, 4.69) is 9.97 Å². The molecule has 0 aliphatic rings. The van der Waals surface area contributed by atoms with Crippen molar-refractivity contribution in [2.45, 2.75) is 13.5 Å². The van der Waals surface area contributed by atoms with Gasteiger partial charge in [-0.25, -0.2) is 9.78 Å². The number of nitrogens with zero attached hydrogens (tertiary/aromatic N) is 1. The molecular weight excluding hydrogens is 256 g/mol. The van der Waals surface area contributed by atoms with E-state index in [1.165, 1.54) is 0 Å². The molecule has 0 bridgehead atoms. The summed E-state index contributed by atoms with van der Waals surface area (Å²) in [5.41, 5.74) is 2.83. The summed E-state index contributed by atoms with van der Waals surface area (Å²) in [6, 6.07) is 7.37. The van der Waals surface area contributed by atoms with Gasteiger partial charge in [-0.1, -0.05) is 12.1 Å². The summed E-state index contributed by atoms with van der Waals surface area (Å²) >= 11 is 0. The van der Waals surface area contributed by atoms with Gasteiger partial charge in [0, 0.05) is 16.3 Å². The Morgan fingerprint density at radius 3 is 3.00 bits per heavy atom. The highest BCUT2D eigenvalue weighted by Gasteiger charge is 2.13. The Labute approximate surface area is 115 Å². The molecule has 0 aliphatic heterocycles. The Bertz CT molecular complexity index is 792. The zero-order chi connectivity index (χ0) is 14.1. The fraction of sp³-hybridized carbons (Fsp3) is 0.200. The molecule has 5 heteroatoms. The molecular formula is C15H14N2O3. The fourth-order valence-corrected chi connectivity index (χ4v) is 2.38. The van der Waals surface area contributed by atoms with Gasteiger partial charge in [-0.15, -0.1) is 0 Å². The molecule has 0 radical (unpaired) electrons. The van der Waals surface area contributed by atoms with Crippen LogP contribution >= 0.6 is 0 Å². The number of nitrogens with one attached hydrogen (secondary N) is 1. The maximum Gasteiger partial charge on any atom is 0.356 e. The first kappa shape index (κ1) is 12.6. The average molecular weight is 270 g/mol. The summed E-state index contributed by atoms with van der Waals surface area (Å²) in [6.07, 6.45) is 1.61. The van der Waals surface area contributed by atoms with Crippen LogP contribution in [0.2, 0.25) is 0 Å². The standard InChI is InChI=1S/C15H14N2O3/c1-2-20-15(19)12-6-10-13(7-16-12)17-11-5-3-4-9(8-18)14(10)11/h3-7,17-18H,2,8H2,1H3. The number of hydrogen-bond donors (Lipinski definition) is 2. The topological polar surface area (TPSA) is 75.2 Å². The minimum atomic E-state index is -0.440. The van der Waals surface area contributed by atoms with Gasteiger partial charge < -0.3 is 14.8 Å². The van der Waals surface area contributed by atoms with Gasteiger partial charge in [-0.05, 0) is 24.6 Å². The average Bonchev–Trinajstić information content (AvgIpc) is 2.85. The number of aliphatic hydroxyl groups is 1. The second-order valence-electron chi connectivity index (χ2n) is 4.46. The number of pyridine rings is 1. The molecule has 5 nitrogen and oxygen atoms in total. The molecule has 0 unspecified atom stereocenters. The first-order chi connectivity index (χ1) is 9.74. The molecule has 0 saturated heterocycles. The van der Waals surface area contributed by atoms with Gasteiger partial charge in [0.1, 0.15) is 5.69 Å². The summed E-state index contributed by atoms with van der Waals surface area (Å²) in [6.45, 7) is 2.02. The fourth-order valence-electron chi connectivity index (χ4n) is 2.38. The van der Waals surface area contributed by atoms with E-state index in [4.69, 9.17) is 4.74 Å². The second-order valence-corrected chi connectivity index (χ2v) is 4.46. The van der Waals surface area contributed by atoms with E-state index in [-0.39, 0.29) is 12.3 Å². The maximum atomic E-state index is 11.8.